The van der Waals surface area contributed by atoms with Gasteiger partial charge in [-0.25, -0.2) is 4.98 Å². The molecular weight excluding hydrogens is 861 g/mol. The summed E-state index contributed by atoms with van der Waals surface area (Å²) in [5.74, 6) is 1.49. The maximum absolute atomic E-state index is 13.2. The van der Waals surface area contributed by atoms with Gasteiger partial charge in [0, 0.05) is 92.2 Å². The number of methoxy groups -OCH3 is 1. The number of rotatable bonds is 14. The Balaban J connectivity index is 0.765. The van der Waals surface area contributed by atoms with Crippen molar-refractivity contribution in [2.24, 2.45) is 0 Å². The maximum Gasteiger partial charge on any atom is 0.255 e. The summed E-state index contributed by atoms with van der Waals surface area (Å²) in [6.07, 6.45) is 5.41. The Hall–Kier alpha value is -5.15. The van der Waals surface area contributed by atoms with Gasteiger partial charge in [-0.2, -0.15) is 4.98 Å². The van der Waals surface area contributed by atoms with Gasteiger partial charge < -0.3 is 34.6 Å². The van der Waals surface area contributed by atoms with E-state index in [1.54, 1.807) is 37.1 Å². The zero-order valence-corrected chi connectivity index (χ0v) is 38.2. The zero-order chi connectivity index (χ0) is 44.3. The molecule has 4 amide bonds. The second-order valence-electron chi connectivity index (χ2n) is 16.7. The van der Waals surface area contributed by atoms with E-state index in [0.717, 1.165) is 80.4 Å². The fourth-order valence-corrected chi connectivity index (χ4v) is 11.0. The summed E-state index contributed by atoms with van der Waals surface area (Å²) in [4.78, 5) is 68.7. The summed E-state index contributed by atoms with van der Waals surface area (Å²) in [5.41, 5.74) is 3.96. The molecule has 18 heteroatoms. The first kappa shape index (κ1) is 44.5. The van der Waals surface area contributed by atoms with Crippen molar-refractivity contribution in [2.75, 3.05) is 81.0 Å². The molecule has 3 fully saturated rings. The summed E-state index contributed by atoms with van der Waals surface area (Å²) >= 11 is 8.15. The van der Waals surface area contributed by atoms with Crippen molar-refractivity contribution in [1.29, 1.82) is 0 Å². The lowest BCUT2D eigenvalue weighted by Crippen LogP contribution is -2.54. The van der Waals surface area contributed by atoms with E-state index < -0.39 is 19.1 Å². The lowest BCUT2D eigenvalue weighted by molar-refractivity contribution is -0.137. The fourth-order valence-electron chi connectivity index (χ4n) is 8.83. The summed E-state index contributed by atoms with van der Waals surface area (Å²) in [6, 6.07) is 19.1. The first-order valence-electron chi connectivity index (χ1n) is 21.4. The topological polar surface area (TPSA) is 169 Å². The van der Waals surface area contributed by atoms with E-state index in [9.17, 15) is 23.7 Å². The van der Waals surface area contributed by atoms with Crippen molar-refractivity contribution in [2.45, 2.75) is 62.0 Å². The number of amides is 4. The lowest BCUT2D eigenvalue weighted by atomic mass is 10.0. The normalized spacial score (nSPS) is 18.6. The average molecular weight is 914 g/mol. The highest BCUT2D eigenvalue weighted by atomic mass is 35.5. The number of thioether (sulfide) groups is 1. The Kier molecular flexibility index (Phi) is 13.6. The minimum Gasteiger partial charge on any atom is -0.494 e. The molecule has 4 aliphatic heterocycles. The van der Waals surface area contributed by atoms with Gasteiger partial charge in [-0.3, -0.25) is 29.4 Å². The minimum atomic E-state index is -2.56. The van der Waals surface area contributed by atoms with Crippen LogP contribution in [-0.4, -0.2) is 126 Å². The minimum absolute atomic E-state index is 0.174. The quantitative estimate of drug-likeness (QED) is 0.0557. The molecule has 63 heavy (non-hydrogen) atoms. The molecule has 0 spiro atoms. The van der Waals surface area contributed by atoms with Crippen LogP contribution in [0.25, 0.3) is 0 Å². The number of ether oxygens (including phenoxy) is 1. The molecule has 5 heterocycles. The highest BCUT2D eigenvalue weighted by Crippen LogP contribution is 2.39. The Bertz CT molecular complexity index is 2440. The SMILES string of the molecule is COc1cc(N2CCC(N3CCN(C(=O)CCCSc4ccc5c(c4)CN(C4CCC(=O)NC4=O)C5=O)CC3)CC2)ccc1Nc1ncc(Cl)c(Nc2ccccc2P(C)(C)=O)n1. The molecule has 8 rings (SSSR count). The molecule has 0 aliphatic carbocycles. The molecular formula is C45H53ClN9O6PS. The van der Waals surface area contributed by atoms with Gasteiger partial charge in [0.15, 0.2) is 5.82 Å². The number of benzene rings is 3. The summed E-state index contributed by atoms with van der Waals surface area (Å²) in [6.45, 7) is 8.86. The molecule has 3 aromatic carbocycles. The number of nitrogens with zero attached hydrogens (tertiary/aromatic N) is 6. The van der Waals surface area contributed by atoms with E-state index in [0.29, 0.717) is 70.2 Å². The number of hydrogen-bond donors (Lipinski definition) is 3. The zero-order valence-electron chi connectivity index (χ0n) is 35.8. The van der Waals surface area contributed by atoms with E-state index >= 15 is 0 Å². The number of anilines is 5. The van der Waals surface area contributed by atoms with Crippen molar-refractivity contribution in [3.63, 3.8) is 0 Å². The van der Waals surface area contributed by atoms with Gasteiger partial charge in [-0.15, -0.1) is 11.8 Å². The van der Waals surface area contributed by atoms with Crippen LogP contribution in [0.3, 0.4) is 0 Å². The number of carbonyl (C=O) groups excluding carboxylic acids is 4. The molecule has 15 nitrogen and oxygen atoms in total. The third kappa shape index (κ3) is 10.3. The molecule has 0 saturated carbocycles. The first-order chi connectivity index (χ1) is 30.3. The third-order valence-electron chi connectivity index (χ3n) is 12.2. The molecule has 1 unspecified atom stereocenters. The molecule has 3 N–H and O–H groups in total. The maximum atomic E-state index is 13.2. The number of piperazine rings is 1. The van der Waals surface area contributed by atoms with Crippen LogP contribution >= 0.6 is 30.5 Å². The van der Waals surface area contributed by atoms with E-state index in [1.165, 1.54) is 6.20 Å². The summed E-state index contributed by atoms with van der Waals surface area (Å²) in [7, 11) is -0.914. The average Bonchev–Trinajstić information content (AvgIpc) is 3.60. The number of halogens is 1. The van der Waals surface area contributed by atoms with Crippen LogP contribution in [0.2, 0.25) is 5.02 Å². The molecule has 3 saturated heterocycles. The molecule has 1 atom stereocenters. The number of piperidine rings is 2. The van der Waals surface area contributed by atoms with Crippen LogP contribution in [0.1, 0.15) is 54.4 Å². The number of hydrogen-bond acceptors (Lipinski definition) is 13. The number of carbonyl (C=O) groups is 4. The van der Waals surface area contributed by atoms with Crippen LogP contribution in [0.5, 0.6) is 5.75 Å². The first-order valence-corrected chi connectivity index (χ1v) is 25.4. The number of aromatic nitrogens is 2. The second kappa shape index (κ2) is 19.3. The molecule has 4 aliphatic rings. The molecule has 332 valence electrons. The smallest absolute Gasteiger partial charge is 0.255 e. The second-order valence-corrected chi connectivity index (χ2v) is 21.5. The van der Waals surface area contributed by atoms with Gasteiger partial charge in [0.05, 0.1) is 24.7 Å². The van der Waals surface area contributed by atoms with Crippen molar-refractivity contribution in [3.05, 3.63) is 83.0 Å². The van der Waals surface area contributed by atoms with E-state index in [4.69, 9.17) is 16.3 Å². The van der Waals surface area contributed by atoms with Gasteiger partial charge in [0.25, 0.3) is 5.91 Å². The molecule has 0 bridgehead atoms. The van der Waals surface area contributed by atoms with Gasteiger partial charge in [-0.1, -0.05) is 23.7 Å². The Labute approximate surface area is 377 Å². The van der Waals surface area contributed by atoms with Crippen molar-refractivity contribution < 1.29 is 28.5 Å². The van der Waals surface area contributed by atoms with E-state index in [2.05, 4.69) is 41.8 Å². The predicted molar refractivity (Wildman–Crippen MR) is 248 cm³/mol. The van der Waals surface area contributed by atoms with Crippen molar-refractivity contribution in [3.8, 4) is 5.75 Å². The standard InChI is InChI=1S/C45H53ClN9O6PS/c1-61-38-26-31(10-13-35(38)49-45-47-27-34(46)42(51-45)48-36-7-4-5-8-39(36)62(2,3)60)52-18-16-30(17-19-52)53-20-22-54(23-21-53)41(57)9-6-24-63-32-11-12-33-29(25-32)28-55(44(33)59)37-14-15-40(56)50-43(37)58/h4-5,7-8,10-13,25-27,30,37H,6,9,14-24,28H2,1-3H3,(H,50,56,58)(H2,47,48,49,51). The van der Waals surface area contributed by atoms with E-state index in [1.807, 2.05) is 59.5 Å². The highest BCUT2D eigenvalue weighted by Gasteiger charge is 2.39. The summed E-state index contributed by atoms with van der Waals surface area (Å²) in [5, 5.41) is 9.91. The molecule has 1 aromatic heterocycles. The monoisotopic (exact) mass is 913 g/mol. The van der Waals surface area contributed by atoms with Crippen LogP contribution in [-0.2, 0) is 25.5 Å². The van der Waals surface area contributed by atoms with Crippen LogP contribution < -0.4 is 30.9 Å². The van der Waals surface area contributed by atoms with Crippen molar-refractivity contribution >= 4 is 88.3 Å². The molecule has 0 radical (unpaired) electrons. The Morgan fingerprint density at radius 1 is 0.952 bits per heavy atom. The van der Waals surface area contributed by atoms with Crippen LogP contribution in [0.4, 0.5) is 28.8 Å². The highest BCUT2D eigenvalue weighted by molar-refractivity contribution is 7.99. The number of para-hydroxylation sites is 1. The van der Waals surface area contributed by atoms with Gasteiger partial charge in [0.1, 0.15) is 24.0 Å². The lowest BCUT2D eigenvalue weighted by Gasteiger charge is -2.43. The van der Waals surface area contributed by atoms with Crippen LogP contribution in [0, 0.1) is 0 Å². The third-order valence-corrected chi connectivity index (χ3v) is 15.1. The number of fused-ring (bicyclic) bond motifs is 1. The number of imide groups is 1. The van der Waals surface area contributed by atoms with Gasteiger partial charge in [0.2, 0.25) is 23.7 Å². The number of nitrogens with one attached hydrogen (secondary N) is 3. The fraction of sp³-hybridized carbons (Fsp3) is 0.422. The Morgan fingerprint density at radius 3 is 2.48 bits per heavy atom. The molecule has 4 aromatic rings. The largest absolute Gasteiger partial charge is 0.494 e. The van der Waals surface area contributed by atoms with Gasteiger partial charge in [-0.05, 0) is 92.8 Å². The predicted octanol–water partition coefficient (Wildman–Crippen LogP) is 6.32. The van der Waals surface area contributed by atoms with Crippen LogP contribution in [0.15, 0.2) is 71.8 Å². The van der Waals surface area contributed by atoms with Gasteiger partial charge >= 0.3 is 0 Å². The Morgan fingerprint density at radius 2 is 1.73 bits per heavy atom. The summed E-state index contributed by atoms with van der Waals surface area (Å²) < 4.78 is 18.7. The van der Waals surface area contributed by atoms with E-state index in [-0.39, 0.29) is 24.1 Å². The van der Waals surface area contributed by atoms with Crippen molar-refractivity contribution in [1.82, 2.24) is 30.0 Å².